The Labute approximate surface area is 119 Å². The summed E-state index contributed by atoms with van der Waals surface area (Å²) in [5.41, 5.74) is 0.858. The van der Waals surface area contributed by atoms with E-state index in [0.717, 1.165) is 13.0 Å². The Morgan fingerprint density at radius 1 is 1.53 bits per heavy atom. The maximum Gasteiger partial charge on any atom is 0.410 e. The maximum atomic E-state index is 11.9. The van der Waals surface area contributed by atoms with Crippen LogP contribution in [0, 0.1) is 2.88 Å². The fraction of sp³-hybridized carbons (Fsp3) is 0.583. The molecule has 0 N–H and O–H groups in total. The van der Waals surface area contributed by atoms with E-state index in [2.05, 4.69) is 28.7 Å². The minimum atomic E-state index is -0.416. The number of ether oxygens (including phenoxy) is 1. The van der Waals surface area contributed by atoms with Gasteiger partial charge in [-0.15, -0.1) is 11.3 Å². The molecule has 5 heteroatoms. The fourth-order valence-corrected chi connectivity index (χ4v) is 3.84. The van der Waals surface area contributed by atoms with Crippen LogP contribution in [0.4, 0.5) is 4.79 Å². The number of carbonyl (C=O) groups excluding carboxylic acids is 1. The predicted octanol–water partition coefficient (Wildman–Crippen LogP) is 3.65. The average molecular weight is 365 g/mol. The molecule has 0 fully saturated rings. The van der Waals surface area contributed by atoms with Crippen LogP contribution in [0.2, 0.25) is 0 Å². The van der Waals surface area contributed by atoms with Crippen LogP contribution in [0.1, 0.15) is 31.2 Å². The molecule has 0 saturated carbocycles. The van der Waals surface area contributed by atoms with Crippen LogP contribution in [-0.2, 0) is 17.7 Å². The lowest BCUT2D eigenvalue weighted by Crippen LogP contribution is -2.39. The van der Waals surface area contributed by atoms with Gasteiger partial charge < -0.3 is 9.64 Å². The molecule has 1 amide bonds. The van der Waals surface area contributed by atoms with Gasteiger partial charge in [-0.1, -0.05) is 0 Å². The molecule has 0 spiro atoms. The zero-order valence-electron chi connectivity index (χ0n) is 10.2. The number of nitrogens with zero attached hydrogens (tertiary/aromatic N) is 1. The molecular formula is C12H16INO2S. The van der Waals surface area contributed by atoms with Crippen LogP contribution in [0.5, 0.6) is 0 Å². The van der Waals surface area contributed by atoms with E-state index in [1.165, 1.54) is 13.3 Å². The molecule has 1 aliphatic rings. The number of fused-ring (bicyclic) bond motifs is 1. The molecule has 0 aliphatic carbocycles. The SMILES string of the molecule is CC(C)(C)OC(=O)N1CCc2sc(I)cc2C1. The zero-order valence-corrected chi connectivity index (χ0v) is 13.2. The van der Waals surface area contributed by atoms with Crippen molar-refractivity contribution < 1.29 is 9.53 Å². The van der Waals surface area contributed by atoms with Gasteiger partial charge in [0.2, 0.25) is 0 Å². The molecule has 2 heterocycles. The van der Waals surface area contributed by atoms with Crippen molar-refractivity contribution in [3.8, 4) is 0 Å². The van der Waals surface area contributed by atoms with E-state index in [0.29, 0.717) is 6.54 Å². The summed E-state index contributed by atoms with van der Waals surface area (Å²) in [5.74, 6) is 0. The first-order valence-electron chi connectivity index (χ1n) is 5.60. The van der Waals surface area contributed by atoms with Crippen molar-refractivity contribution in [3.05, 3.63) is 19.4 Å². The first-order valence-corrected chi connectivity index (χ1v) is 7.50. The van der Waals surface area contributed by atoms with Gasteiger partial charge in [0.05, 0.1) is 9.43 Å². The highest BCUT2D eigenvalue weighted by Crippen LogP contribution is 2.29. The fourth-order valence-electron chi connectivity index (χ4n) is 1.78. The van der Waals surface area contributed by atoms with Crippen LogP contribution < -0.4 is 0 Å². The lowest BCUT2D eigenvalue weighted by Gasteiger charge is -2.29. The normalized spacial score (nSPS) is 15.6. The van der Waals surface area contributed by atoms with Gasteiger partial charge >= 0.3 is 6.09 Å². The molecule has 0 saturated heterocycles. The van der Waals surface area contributed by atoms with Gasteiger partial charge in [-0.2, -0.15) is 0 Å². The average Bonchev–Trinajstić information content (AvgIpc) is 2.53. The van der Waals surface area contributed by atoms with E-state index in [9.17, 15) is 4.79 Å². The number of hydrogen-bond donors (Lipinski definition) is 0. The minimum Gasteiger partial charge on any atom is -0.444 e. The van der Waals surface area contributed by atoms with Gasteiger partial charge in [0.1, 0.15) is 5.60 Å². The van der Waals surface area contributed by atoms with Gasteiger partial charge in [0, 0.05) is 11.4 Å². The number of amides is 1. The molecule has 1 aliphatic heterocycles. The number of hydrogen-bond acceptors (Lipinski definition) is 3. The highest BCUT2D eigenvalue weighted by molar-refractivity contribution is 14.1. The molecule has 1 aromatic heterocycles. The van der Waals surface area contributed by atoms with E-state index in [1.807, 2.05) is 32.1 Å². The van der Waals surface area contributed by atoms with Crippen molar-refractivity contribution in [2.75, 3.05) is 6.54 Å². The van der Waals surface area contributed by atoms with Gasteiger partial charge in [-0.25, -0.2) is 4.79 Å². The van der Waals surface area contributed by atoms with Crippen molar-refractivity contribution >= 4 is 40.0 Å². The van der Waals surface area contributed by atoms with E-state index < -0.39 is 5.60 Å². The Morgan fingerprint density at radius 2 is 2.24 bits per heavy atom. The third-order valence-electron chi connectivity index (χ3n) is 2.49. The molecule has 0 bridgehead atoms. The second-order valence-electron chi connectivity index (χ2n) is 5.15. The summed E-state index contributed by atoms with van der Waals surface area (Å²) in [6, 6.07) is 2.16. The largest absolute Gasteiger partial charge is 0.444 e. The van der Waals surface area contributed by atoms with Crippen LogP contribution in [0.15, 0.2) is 6.07 Å². The van der Waals surface area contributed by atoms with Crippen LogP contribution in [0.3, 0.4) is 0 Å². The summed E-state index contributed by atoms with van der Waals surface area (Å²) in [4.78, 5) is 15.1. The molecule has 0 radical (unpaired) electrons. The van der Waals surface area contributed by atoms with Crippen molar-refractivity contribution in [2.24, 2.45) is 0 Å². The van der Waals surface area contributed by atoms with Crippen molar-refractivity contribution in [2.45, 2.75) is 39.3 Å². The summed E-state index contributed by atoms with van der Waals surface area (Å²) in [6.07, 6.45) is 0.742. The molecule has 0 aromatic carbocycles. The number of thiophene rings is 1. The standard InChI is InChI=1S/C12H16INO2S/c1-12(2,3)16-11(15)14-5-4-9-8(7-14)6-10(13)17-9/h6H,4-5,7H2,1-3H3. The van der Waals surface area contributed by atoms with Crippen molar-refractivity contribution in [1.29, 1.82) is 0 Å². The lowest BCUT2D eigenvalue weighted by molar-refractivity contribution is 0.0225. The molecule has 94 valence electrons. The molecule has 0 atom stereocenters. The molecule has 3 nitrogen and oxygen atoms in total. The first kappa shape index (κ1) is 13.1. The molecule has 2 rings (SSSR count). The quantitative estimate of drug-likeness (QED) is 0.657. The van der Waals surface area contributed by atoms with Crippen LogP contribution >= 0.6 is 33.9 Å². The molecule has 0 unspecified atom stereocenters. The third-order valence-corrected chi connectivity index (χ3v) is 4.49. The van der Waals surface area contributed by atoms with E-state index in [4.69, 9.17) is 4.74 Å². The second-order valence-corrected chi connectivity index (χ2v) is 8.18. The van der Waals surface area contributed by atoms with E-state index in [1.54, 1.807) is 4.90 Å². The van der Waals surface area contributed by atoms with Gasteiger partial charge in [-0.3, -0.25) is 0 Å². The Balaban J connectivity index is 2.05. The first-order chi connectivity index (χ1) is 7.85. The Kier molecular flexibility index (Phi) is 3.68. The smallest absolute Gasteiger partial charge is 0.410 e. The summed E-state index contributed by atoms with van der Waals surface area (Å²) in [6.45, 7) is 7.14. The second kappa shape index (κ2) is 4.76. The summed E-state index contributed by atoms with van der Waals surface area (Å²) in [7, 11) is 0. The van der Waals surface area contributed by atoms with E-state index in [-0.39, 0.29) is 6.09 Å². The Hall–Kier alpha value is -0.300. The number of carbonyl (C=O) groups is 1. The maximum absolute atomic E-state index is 11.9. The number of halogens is 1. The number of rotatable bonds is 0. The van der Waals surface area contributed by atoms with Crippen LogP contribution in [0.25, 0.3) is 0 Å². The summed E-state index contributed by atoms with van der Waals surface area (Å²) in [5, 5.41) is 0. The summed E-state index contributed by atoms with van der Waals surface area (Å²) < 4.78 is 6.68. The molecular weight excluding hydrogens is 349 g/mol. The Morgan fingerprint density at radius 3 is 2.88 bits per heavy atom. The third kappa shape index (κ3) is 3.34. The van der Waals surface area contributed by atoms with Crippen molar-refractivity contribution in [3.63, 3.8) is 0 Å². The van der Waals surface area contributed by atoms with Gasteiger partial charge in [0.25, 0.3) is 0 Å². The lowest BCUT2D eigenvalue weighted by atomic mass is 10.1. The van der Waals surface area contributed by atoms with Crippen molar-refractivity contribution in [1.82, 2.24) is 4.90 Å². The predicted molar refractivity (Wildman–Crippen MR) is 77.4 cm³/mol. The molecule has 1 aromatic rings. The zero-order chi connectivity index (χ0) is 12.6. The highest BCUT2D eigenvalue weighted by atomic mass is 127. The highest BCUT2D eigenvalue weighted by Gasteiger charge is 2.26. The molecule has 17 heavy (non-hydrogen) atoms. The van der Waals surface area contributed by atoms with Gasteiger partial charge in [-0.05, 0) is 61.4 Å². The summed E-state index contributed by atoms with van der Waals surface area (Å²) >= 11 is 4.16. The topological polar surface area (TPSA) is 29.5 Å². The van der Waals surface area contributed by atoms with E-state index >= 15 is 0 Å². The Bertz CT molecular complexity index is 436. The monoisotopic (exact) mass is 365 g/mol. The van der Waals surface area contributed by atoms with Gasteiger partial charge in [0.15, 0.2) is 0 Å². The minimum absolute atomic E-state index is 0.204. The van der Waals surface area contributed by atoms with Crippen LogP contribution in [-0.4, -0.2) is 23.1 Å².